The standard InChI is InChI=1S/C12H16N2O2S/c1-3-4-16-10-5-8-11(6-9(10)15-2)17-12(7-13)14-8/h5-6H,3-4,7,13H2,1-2H3. The Hall–Kier alpha value is -1.33. The second-order valence-corrected chi connectivity index (χ2v) is 4.75. The van der Waals surface area contributed by atoms with Crippen LogP contribution in [0.4, 0.5) is 0 Å². The highest BCUT2D eigenvalue weighted by molar-refractivity contribution is 7.18. The molecule has 17 heavy (non-hydrogen) atoms. The van der Waals surface area contributed by atoms with E-state index in [1.807, 2.05) is 12.1 Å². The molecule has 0 aliphatic carbocycles. The Kier molecular flexibility index (Phi) is 3.81. The number of rotatable bonds is 5. The molecule has 5 heteroatoms. The molecule has 1 aromatic carbocycles. The van der Waals surface area contributed by atoms with Crippen molar-refractivity contribution >= 4 is 21.6 Å². The van der Waals surface area contributed by atoms with Gasteiger partial charge in [-0.3, -0.25) is 0 Å². The molecular formula is C12H16N2O2S. The van der Waals surface area contributed by atoms with E-state index >= 15 is 0 Å². The summed E-state index contributed by atoms with van der Waals surface area (Å²) >= 11 is 1.59. The van der Waals surface area contributed by atoms with Crippen molar-refractivity contribution in [3.05, 3.63) is 17.1 Å². The van der Waals surface area contributed by atoms with E-state index in [1.165, 1.54) is 0 Å². The first-order valence-electron chi connectivity index (χ1n) is 5.58. The zero-order chi connectivity index (χ0) is 12.3. The lowest BCUT2D eigenvalue weighted by atomic mass is 10.3. The summed E-state index contributed by atoms with van der Waals surface area (Å²) in [4.78, 5) is 4.43. The fourth-order valence-corrected chi connectivity index (χ4v) is 2.41. The highest BCUT2D eigenvalue weighted by Gasteiger charge is 2.10. The van der Waals surface area contributed by atoms with Crippen LogP contribution in [0, 0.1) is 0 Å². The lowest BCUT2D eigenvalue weighted by molar-refractivity contribution is 0.295. The van der Waals surface area contributed by atoms with Gasteiger partial charge in [-0.2, -0.15) is 0 Å². The fourth-order valence-electron chi connectivity index (χ4n) is 1.56. The van der Waals surface area contributed by atoms with Crippen molar-refractivity contribution in [2.45, 2.75) is 19.9 Å². The molecule has 0 spiro atoms. The van der Waals surface area contributed by atoms with Gasteiger partial charge >= 0.3 is 0 Å². The first-order chi connectivity index (χ1) is 8.28. The number of hydrogen-bond acceptors (Lipinski definition) is 5. The van der Waals surface area contributed by atoms with Crippen molar-refractivity contribution in [2.75, 3.05) is 13.7 Å². The van der Waals surface area contributed by atoms with E-state index < -0.39 is 0 Å². The van der Waals surface area contributed by atoms with Crippen molar-refractivity contribution in [1.82, 2.24) is 4.98 Å². The topological polar surface area (TPSA) is 57.4 Å². The fraction of sp³-hybridized carbons (Fsp3) is 0.417. The highest BCUT2D eigenvalue weighted by Crippen LogP contribution is 2.34. The molecule has 2 rings (SSSR count). The Morgan fingerprint density at radius 2 is 2.18 bits per heavy atom. The average molecular weight is 252 g/mol. The molecule has 0 fully saturated rings. The number of nitrogens with two attached hydrogens (primary N) is 1. The molecule has 0 aliphatic rings. The molecule has 0 unspecified atom stereocenters. The van der Waals surface area contributed by atoms with E-state index in [9.17, 15) is 0 Å². The molecule has 0 bridgehead atoms. The summed E-state index contributed by atoms with van der Waals surface area (Å²) in [7, 11) is 1.64. The molecule has 1 aromatic heterocycles. The van der Waals surface area contributed by atoms with Gasteiger partial charge in [0.2, 0.25) is 0 Å². The number of nitrogens with zero attached hydrogens (tertiary/aromatic N) is 1. The molecule has 92 valence electrons. The second-order valence-electron chi connectivity index (χ2n) is 3.63. The number of aromatic nitrogens is 1. The number of hydrogen-bond donors (Lipinski definition) is 1. The van der Waals surface area contributed by atoms with E-state index in [4.69, 9.17) is 15.2 Å². The van der Waals surface area contributed by atoms with Crippen LogP contribution in [0.2, 0.25) is 0 Å². The molecule has 0 saturated heterocycles. The number of benzene rings is 1. The highest BCUT2D eigenvalue weighted by atomic mass is 32.1. The van der Waals surface area contributed by atoms with Crippen LogP contribution in [0.3, 0.4) is 0 Å². The van der Waals surface area contributed by atoms with Gasteiger partial charge in [-0.05, 0) is 6.42 Å². The number of fused-ring (bicyclic) bond motifs is 1. The maximum Gasteiger partial charge on any atom is 0.163 e. The van der Waals surface area contributed by atoms with Crippen molar-refractivity contribution in [3.63, 3.8) is 0 Å². The Labute approximate surface area is 104 Å². The third-order valence-electron chi connectivity index (χ3n) is 2.35. The van der Waals surface area contributed by atoms with Gasteiger partial charge in [0.1, 0.15) is 5.01 Å². The van der Waals surface area contributed by atoms with E-state index in [0.29, 0.717) is 13.2 Å². The zero-order valence-electron chi connectivity index (χ0n) is 10.0. The summed E-state index contributed by atoms with van der Waals surface area (Å²) in [5.41, 5.74) is 6.51. The van der Waals surface area contributed by atoms with Gasteiger partial charge in [0.05, 0.1) is 23.9 Å². The van der Waals surface area contributed by atoms with E-state index in [2.05, 4.69) is 11.9 Å². The third kappa shape index (κ3) is 2.50. The molecule has 2 aromatic rings. The maximum absolute atomic E-state index is 5.64. The van der Waals surface area contributed by atoms with Crippen molar-refractivity contribution in [2.24, 2.45) is 5.73 Å². The van der Waals surface area contributed by atoms with Gasteiger partial charge in [0, 0.05) is 18.7 Å². The van der Waals surface area contributed by atoms with E-state index in [1.54, 1.807) is 18.4 Å². The van der Waals surface area contributed by atoms with Crippen LogP contribution in [0.5, 0.6) is 11.5 Å². The minimum absolute atomic E-state index is 0.465. The van der Waals surface area contributed by atoms with Gasteiger partial charge in [0.25, 0.3) is 0 Å². The number of ether oxygens (including phenoxy) is 2. The summed E-state index contributed by atoms with van der Waals surface area (Å²) < 4.78 is 12.0. The smallest absolute Gasteiger partial charge is 0.163 e. The van der Waals surface area contributed by atoms with Gasteiger partial charge in [-0.1, -0.05) is 6.92 Å². The van der Waals surface area contributed by atoms with Gasteiger partial charge in [0.15, 0.2) is 11.5 Å². The minimum Gasteiger partial charge on any atom is -0.493 e. The SMILES string of the molecule is CCCOc1cc2nc(CN)sc2cc1OC. The lowest BCUT2D eigenvalue weighted by Crippen LogP contribution is -1.97. The largest absolute Gasteiger partial charge is 0.493 e. The van der Waals surface area contributed by atoms with Gasteiger partial charge in [-0.25, -0.2) is 4.98 Å². The Morgan fingerprint density at radius 3 is 2.82 bits per heavy atom. The normalized spacial score (nSPS) is 10.8. The maximum atomic E-state index is 5.64. The summed E-state index contributed by atoms with van der Waals surface area (Å²) in [6, 6.07) is 3.87. The monoisotopic (exact) mass is 252 g/mol. The number of thiazole rings is 1. The van der Waals surface area contributed by atoms with Crippen molar-refractivity contribution in [3.8, 4) is 11.5 Å². The molecular weight excluding hydrogens is 236 g/mol. The molecule has 0 amide bonds. The van der Waals surface area contributed by atoms with Crippen LogP contribution in [-0.2, 0) is 6.54 Å². The first kappa shape index (κ1) is 12.1. The number of methoxy groups -OCH3 is 1. The van der Waals surface area contributed by atoms with Crippen LogP contribution < -0.4 is 15.2 Å². The summed E-state index contributed by atoms with van der Waals surface area (Å²) in [5.74, 6) is 1.49. The summed E-state index contributed by atoms with van der Waals surface area (Å²) in [6.07, 6.45) is 0.965. The molecule has 0 radical (unpaired) electrons. The van der Waals surface area contributed by atoms with E-state index in [-0.39, 0.29) is 0 Å². The lowest BCUT2D eigenvalue weighted by Gasteiger charge is -2.09. The molecule has 4 nitrogen and oxygen atoms in total. The Balaban J connectivity index is 2.43. The average Bonchev–Trinajstić information content (AvgIpc) is 2.76. The van der Waals surface area contributed by atoms with Crippen LogP contribution in [0.15, 0.2) is 12.1 Å². The predicted octanol–water partition coefficient (Wildman–Crippen LogP) is 2.55. The molecule has 0 aliphatic heterocycles. The van der Waals surface area contributed by atoms with Crippen LogP contribution >= 0.6 is 11.3 Å². The summed E-state index contributed by atoms with van der Waals surface area (Å²) in [5, 5.41) is 0.926. The third-order valence-corrected chi connectivity index (χ3v) is 3.39. The quantitative estimate of drug-likeness (QED) is 0.888. The predicted molar refractivity (Wildman–Crippen MR) is 69.8 cm³/mol. The first-order valence-corrected chi connectivity index (χ1v) is 6.40. The summed E-state index contributed by atoms with van der Waals surface area (Å²) in [6.45, 7) is 3.21. The second kappa shape index (κ2) is 5.33. The van der Waals surface area contributed by atoms with Crippen LogP contribution in [0.1, 0.15) is 18.4 Å². The van der Waals surface area contributed by atoms with Gasteiger partial charge < -0.3 is 15.2 Å². The minimum atomic E-state index is 0.465. The molecule has 2 N–H and O–H groups in total. The molecule has 0 saturated carbocycles. The Morgan fingerprint density at radius 1 is 1.35 bits per heavy atom. The zero-order valence-corrected chi connectivity index (χ0v) is 10.8. The van der Waals surface area contributed by atoms with E-state index in [0.717, 1.165) is 33.1 Å². The van der Waals surface area contributed by atoms with Crippen LogP contribution in [-0.4, -0.2) is 18.7 Å². The molecule has 1 heterocycles. The van der Waals surface area contributed by atoms with Crippen molar-refractivity contribution in [1.29, 1.82) is 0 Å². The van der Waals surface area contributed by atoms with Crippen LogP contribution in [0.25, 0.3) is 10.2 Å². The van der Waals surface area contributed by atoms with Crippen molar-refractivity contribution < 1.29 is 9.47 Å². The Bertz CT molecular complexity index is 510. The van der Waals surface area contributed by atoms with Gasteiger partial charge in [-0.15, -0.1) is 11.3 Å². The molecule has 0 atom stereocenters.